The summed E-state index contributed by atoms with van der Waals surface area (Å²) < 4.78 is 0. The summed E-state index contributed by atoms with van der Waals surface area (Å²) in [6.45, 7) is 0.630. The molecular weight excluding hydrogens is 178 g/mol. The lowest BCUT2D eigenvalue weighted by molar-refractivity contribution is 0.304. The zero-order valence-electron chi connectivity index (χ0n) is 6.74. The lowest BCUT2D eigenvalue weighted by atomic mass is 10.5. The third kappa shape index (κ3) is 2.32. The Hall–Kier alpha value is -0.870. The normalized spacial score (nSPS) is 9.92. The Morgan fingerprint density at radius 1 is 1.67 bits per heavy atom. The second kappa shape index (κ2) is 4.23. The van der Waals surface area contributed by atoms with Crippen LogP contribution in [0.2, 0.25) is 5.28 Å². The van der Waals surface area contributed by atoms with Crippen molar-refractivity contribution in [2.24, 2.45) is 0 Å². The van der Waals surface area contributed by atoms with Gasteiger partial charge in [-0.2, -0.15) is 0 Å². The van der Waals surface area contributed by atoms with E-state index in [0.29, 0.717) is 12.4 Å². The number of hydrogen-bond acceptors (Lipinski definition) is 4. The highest BCUT2D eigenvalue weighted by Crippen LogP contribution is 2.09. The molecule has 1 heterocycles. The van der Waals surface area contributed by atoms with Crippen molar-refractivity contribution in [3.63, 3.8) is 0 Å². The second-order valence-electron chi connectivity index (χ2n) is 2.33. The molecule has 4 nitrogen and oxygen atoms in total. The molecule has 0 fully saturated rings. The van der Waals surface area contributed by atoms with Gasteiger partial charge in [0.2, 0.25) is 5.28 Å². The number of hydrogen-bond donors (Lipinski definition) is 1. The molecule has 0 saturated heterocycles. The average molecular weight is 188 g/mol. The molecule has 0 saturated carbocycles. The molecule has 1 aromatic heterocycles. The summed E-state index contributed by atoms with van der Waals surface area (Å²) in [6, 6.07) is 1.74. The molecule has 0 bridgehead atoms. The van der Waals surface area contributed by atoms with Gasteiger partial charge in [-0.25, -0.2) is 9.97 Å². The van der Waals surface area contributed by atoms with E-state index in [9.17, 15) is 0 Å². The summed E-state index contributed by atoms with van der Waals surface area (Å²) in [5.41, 5.74) is 0. The smallest absolute Gasteiger partial charge is 0.224 e. The van der Waals surface area contributed by atoms with E-state index in [1.807, 2.05) is 7.05 Å². The highest BCUT2D eigenvalue weighted by molar-refractivity contribution is 6.28. The number of halogens is 1. The quantitative estimate of drug-likeness (QED) is 0.703. The first-order chi connectivity index (χ1) is 5.74. The van der Waals surface area contributed by atoms with Gasteiger partial charge in [-0.1, -0.05) is 0 Å². The van der Waals surface area contributed by atoms with E-state index in [1.54, 1.807) is 17.2 Å². The van der Waals surface area contributed by atoms with E-state index in [4.69, 9.17) is 16.7 Å². The van der Waals surface area contributed by atoms with E-state index in [2.05, 4.69) is 9.97 Å². The molecule has 0 radical (unpaired) electrons. The minimum Gasteiger partial charge on any atom is -0.395 e. The van der Waals surface area contributed by atoms with Crippen LogP contribution < -0.4 is 4.90 Å². The summed E-state index contributed by atoms with van der Waals surface area (Å²) in [5, 5.41) is 8.87. The largest absolute Gasteiger partial charge is 0.395 e. The predicted molar refractivity (Wildman–Crippen MR) is 47.4 cm³/mol. The molecule has 0 aromatic carbocycles. The van der Waals surface area contributed by atoms with Gasteiger partial charge < -0.3 is 10.0 Å². The first kappa shape index (κ1) is 9.22. The Morgan fingerprint density at radius 3 is 3.00 bits per heavy atom. The topological polar surface area (TPSA) is 49.2 Å². The molecule has 1 N–H and O–H groups in total. The maximum absolute atomic E-state index is 8.65. The van der Waals surface area contributed by atoms with E-state index < -0.39 is 0 Å². The molecule has 1 aromatic rings. The van der Waals surface area contributed by atoms with Crippen LogP contribution in [0, 0.1) is 0 Å². The molecule has 66 valence electrons. The summed E-state index contributed by atoms with van der Waals surface area (Å²) in [5.74, 6) is 0.712. The van der Waals surface area contributed by atoms with Gasteiger partial charge in [-0.15, -0.1) is 0 Å². The molecule has 0 aliphatic carbocycles. The van der Waals surface area contributed by atoms with Crippen LogP contribution in [0.15, 0.2) is 12.3 Å². The molecule has 0 spiro atoms. The van der Waals surface area contributed by atoms with Crippen LogP contribution in [0.1, 0.15) is 0 Å². The van der Waals surface area contributed by atoms with E-state index in [0.717, 1.165) is 0 Å². The fourth-order valence-electron chi connectivity index (χ4n) is 0.803. The minimum atomic E-state index is 0.0954. The molecule has 5 heteroatoms. The van der Waals surface area contributed by atoms with Crippen molar-refractivity contribution in [2.45, 2.75) is 0 Å². The van der Waals surface area contributed by atoms with Crippen LogP contribution in [-0.2, 0) is 0 Å². The van der Waals surface area contributed by atoms with Crippen molar-refractivity contribution in [3.05, 3.63) is 17.5 Å². The van der Waals surface area contributed by atoms with Crippen LogP contribution in [0.25, 0.3) is 0 Å². The first-order valence-corrected chi connectivity index (χ1v) is 3.92. The Morgan fingerprint density at radius 2 is 2.42 bits per heavy atom. The van der Waals surface area contributed by atoms with Crippen LogP contribution in [0.3, 0.4) is 0 Å². The number of aliphatic hydroxyl groups is 1. The van der Waals surface area contributed by atoms with Crippen LogP contribution in [0.4, 0.5) is 5.82 Å². The van der Waals surface area contributed by atoms with Gasteiger partial charge in [0.05, 0.1) is 6.61 Å². The second-order valence-corrected chi connectivity index (χ2v) is 2.67. The van der Waals surface area contributed by atoms with E-state index in [-0.39, 0.29) is 11.9 Å². The molecule has 0 atom stereocenters. The van der Waals surface area contributed by atoms with Crippen molar-refractivity contribution in [2.75, 3.05) is 25.1 Å². The van der Waals surface area contributed by atoms with Crippen LogP contribution in [-0.4, -0.2) is 35.3 Å². The third-order valence-electron chi connectivity index (χ3n) is 1.44. The third-order valence-corrected chi connectivity index (χ3v) is 1.62. The monoisotopic (exact) mass is 187 g/mol. The van der Waals surface area contributed by atoms with Crippen molar-refractivity contribution in [1.82, 2.24) is 9.97 Å². The van der Waals surface area contributed by atoms with Crippen molar-refractivity contribution >= 4 is 17.4 Å². The maximum atomic E-state index is 8.65. The number of anilines is 1. The van der Waals surface area contributed by atoms with Gasteiger partial charge in [-0.05, 0) is 17.7 Å². The lowest BCUT2D eigenvalue weighted by Gasteiger charge is -2.15. The van der Waals surface area contributed by atoms with Crippen molar-refractivity contribution in [1.29, 1.82) is 0 Å². The molecule has 0 aliphatic heterocycles. The molecule has 0 amide bonds. The summed E-state index contributed by atoms with van der Waals surface area (Å²) >= 11 is 5.58. The van der Waals surface area contributed by atoms with Gasteiger partial charge in [0, 0.05) is 19.8 Å². The number of rotatable bonds is 3. The van der Waals surface area contributed by atoms with Crippen molar-refractivity contribution < 1.29 is 5.11 Å². The average Bonchev–Trinajstić information content (AvgIpc) is 2.05. The highest BCUT2D eigenvalue weighted by atomic mass is 35.5. The van der Waals surface area contributed by atoms with E-state index >= 15 is 0 Å². The molecule has 0 unspecified atom stereocenters. The molecular formula is C7H10ClN3O. The van der Waals surface area contributed by atoms with Crippen LogP contribution in [0.5, 0.6) is 0 Å². The fourth-order valence-corrected chi connectivity index (χ4v) is 0.946. The number of aliphatic hydroxyl groups excluding tert-OH is 1. The first-order valence-electron chi connectivity index (χ1n) is 3.54. The molecule has 1 rings (SSSR count). The van der Waals surface area contributed by atoms with Gasteiger partial charge >= 0.3 is 0 Å². The Balaban J connectivity index is 2.73. The highest BCUT2D eigenvalue weighted by Gasteiger charge is 2.01. The maximum Gasteiger partial charge on any atom is 0.224 e. The standard InChI is InChI=1S/C7H10ClN3O/c1-11(4-5-12)6-2-3-9-7(8)10-6/h2-3,12H,4-5H2,1H3. The summed E-state index contributed by atoms with van der Waals surface area (Å²) in [4.78, 5) is 9.51. The molecule has 0 aliphatic rings. The summed E-state index contributed by atoms with van der Waals surface area (Å²) in [6.07, 6.45) is 1.58. The van der Waals surface area contributed by atoms with Crippen LogP contribution >= 0.6 is 11.6 Å². The van der Waals surface area contributed by atoms with Crippen molar-refractivity contribution in [3.8, 4) is 0 Å². The Kier molecular flexibility index (Phi) is 3.25. The summed E-state index contributed by atoms with van der Waals surface area (Å²) in [7, 11) is 1.83. The predicted octanol–water partition coefficient (Wildman–Crippen LogP) is 0.558. The number of likely N-dealkylation sites (N-methyl/N-ethyl adjacent to an activating group) is 1. The zero-order valence-corrected chi connectivity index (χ0v) is 7.49. The minimum absolute atomic E-state index is 0.0954. The Bertz CT molecular complexity index is 256. The van der Waals surface area contributed by atoms with E-state index in [1.165, 1.54) is 0 Å². The number of aromatic nitrogens is 2. The van der Waals surface area contributed by atoms with Gasteiger partial charge in [-0.3, -0.25) is 0 Å². The van der Waals surface area contributed by atoms with Gasteiger partial charge in [0.25, 0.3) is 0 Å². The fraction of sp³-hybridized carbons (Fsp3) is 0.429. The van der Waals surface area contributed by atoms with Gasteiger partial charge in [0.15, 0.2) is 0 Å². The zero-order chi connectivity index (χ0) is 8.97. The Labute approximate surface area is 75.8 Å². The SMILES string of the molecule is CN(CCO)c1ccnc(Cl)n1. The lowest BCUT2D eigenvalue weighted by Crippen LogP contribution is -2.22. The molecule has 12 heavy (non-hydrogen) atoms. The van der Waals surface area contributed by atoms with Gasteiger partial charge in [0.1, 0.15) is 5.82 Å². The number of nitrogens with zero attached hydrogens (tertiary/aromatic N) is 3.